The summed E-state index contributed by atoms with van der Waals surface area (Å²) >= 11 is 0. The van der Waals surface area contributed by atoms with E-state index in [1.807, 2.05) is 12.1 Å². The molecule has 0 radical (unpaired) electrons. The zero-order valence-electron chi connectivity index (χ0n) is 21.1. The molecule has 1 aliphatic carbocycles. The summed E-state index contributed by atoms with van der Waals surface area (Å²) in [5.74, 6) is 1.44. The standard InChI is InChI=1S/C27H34N6O3/c1-18-22-17-29-27(31-25(22)33(20-8-4-5-9-20)26(35)24(18)19(2)34)30-23-11-10-21(16-28-23)36-15-14-32-12-6-3-7-13-32/h10-11,16-17,20H,3-9,12-15H2,1-2H3,(H,28,29,30,31). The van der Waals surface area contributed by atoms with E-state index in [0.717, 1.165) is 56.5 Å². The van der Waals surface area contributed by atoms with Gasteiger partial charge >= 0.3 is 0 Å². The van der Waals surface area contributed by atoms with Gasteiger partial charge < -0.3 is 10.1 Å². The van der Waals surface area contributed by atoms with Crippen LogP contribution in [-0.2, 0) is 0 Å². The van der Waals surface area contributed by atoms with Crippen LogP contribution in [0.3, 0.4) is 0 Å². The van der Waals surface area contributed by atoms with Crippen LogP contribution in [0, 0.1) is 6.92 Å². The van der Waals surface area contributed by atoms with Crippen LogP contribution >= 0.6 is 0 Å². The smallest absolute Gasteiger partial charge is 0.263 e. The van der Waals surface area contributed by atoms with Gasteiger partial charge in [-0.15, -0.1) is 0 Å². The number of Topliss-reactive ketones (excluding diaryl/α,β-unsaturated/α-hetero) is 1. The van der Waals surface area contributed by atoms with Crippen molar-refractivity contribution in [2.75, 3.05) is 31.6 Å². The van der Waals surface area contributed by atoms with Crippen molar-refractivity contribution in [1.82, 2.24) is 24.4 Å². The van der Waals surface area contributed by atoms with Crippen molar-refractivity contribution in [3.63, 3.8) is 0 Å². The second-order valence-corrected chi connectivity index (χ2v) is 9.86. The maximum absolute atomic E-state index is 13.4. The van der Waals surface area contributed by atoms with Crippen LogP contribution in [0.5, 0.6) is 5.75 Å². The molecule has 0 aromatic carbocycles. The largest absolute Gasteiger partial charge is 0.491 e. The predicted molar refractivity (Wildman–Crippen MR) is 139 cm³/mol. The fourth-order valence-electron chi connectivity index (χ4n) is 5.44. The van der Waals surface area contributed by atoms with Crippen molar-refractivity contribution >= 4 is 28.6 Å². The summed E-state index contributed by atoms with van der Waals surface area (Å²) in [5, 5.41) is 3.87. The number of nitrogens with zero attached hydrogens (tertiary/aromatic N) is 5. The van der Waals surface area contributed by atoms with E-state index in [-0.39, 0.29) is 22.9 Å². The maximum Gasteiger partial charge on any atom is 0.263 e. The fraction of sp³-hybridized carbons (Fsp3) is 0.519. The average Bonchev–Trinajstić information content (AvgIpc) is 3.40. The highest BCUT2D eigenvalue weighted by Gasteiger charge is 2.25. The molecule has 0 atom stereocenters. The first kappa shape index (κ1) is 24.4. The summed E-state index contributed by atoms with van der Waals surface area (Å²) in [6.45, 7) is 7.11. The van der Waals surface area contributed by atoms with Crippen LogP contribution in [0.15, 0.2) is 29.3 Å². The summed E-state index contributed by atoms with van der Waals surface area (Å²) in [6, 6.07) is 3.75. The first-order valence-electron chi connectivity index (χ1n) is 13.0. The van der Waals surface area contributed by atoms with Crippen molar-refractivity contribution in [2.24, 2.45) is 0 Å². The minimum absolute atomic E-state index is 0.0425. The van der Waals surface area contributed by atoms with Crippen LogP contribution in [0.1, 0.15) is 73.8 Å². The number of fused-ring (bicyclic) bond motifs is 1. The van der Waals surface area contributed by atoms with E-state index in [0.29, 0.717) is 29.6 Å². The van der Waals surface area contributed by atoms with Crippen molar-refractivity contribution in [3.05, 3.63) is 46.0 Å². The van der Waals surface area contributed by atoms with Gasteiger partial charge in [-0.05, 0) is 70.3 Å². The number of ether oxygens (including phenoxy) is 1. The minimum Gasteiger partial charge on any atom is -0.491 e. The summed E-state index contributed by atoms with van der Waals surface area (Å²) < 4.78 is 7.59. The summed E-state index contributed by atoms with van der Waals surface area (Å²) in [4.78, 5) is 41.7. The second kappa shape index (κ2) is 10.7. The van der Waals surface area contributed by atoms with Crippen LogP contribution in [0.2, 0.25) is 0 Å². The maximum atomic E-state index is 13.4. The van der Waals surface area contributed by atoms with Gasteiger partial charge in [-0.2, -0.15) is 4.98 Å². The Bertz CT molecular complexity index is 1290. The second-order valence-electron chi connectivity index (χ2n) is 9.86. The number of nitrogens with one attached hydrogen (secondary N) is 1. The molecule has 2 fully saturated rings. The molecule has 1 saturated heterocycles. The van der Waals surface area contributed by atoms with Gasteiger partial charge in [0.1, 0.15) is 23.8 Å². The number of aryl methyl sites for hydroxylation is 1. The summed E-state index contributed by atoms with van der Waals surface area (Å²) in [5.41, 5.74) is 1.17. The summed E-state index contributed by atoms with van der Waals surface area (Å²) in [7, 11) is 0. The van der Waals surface area contributed by atoms with Crippen molar-refractivity contribution in [3.8, 4) is 5.75 Å². The third kappa shape index (κ3) is 5.11. The molecule has 0 unspecified atom stereocenters. The van der Waals surface area contributed by atoms with Crippen LogP contribution in [0.4, 0.5) is 11.8 Å². The third-order valence-corrected chi connectivity index (χ3v) is 7.35. The minimum atomic E-state index is -0.256. The molecule has 36 heavy (non-hydrogen) atoms. The SMILES string of the molecule is CC(=O)c1c(C)c2cnc(Nc3ccc(OCCN4CCCCC4)cn3)nc2n(C2CCCC2)c1=O. The van der Waals surface area contributed by atoms with E-state index in [1.165, 1.54) is 26.2 Å². The Hall–Kier alpha value is -3.33. The molecule has 0 spiro atoms. The number of carbonyl (C=O) groups is 1. The first-order chi connectivity index (χ1) is 17.5. The van der Waals surface area contributed by atoms with E-state index in [9.17, 15) is 9.59 Å². The Morgan fingerprint density at radius 2 is 1.86 bits per heavy atom. The van der Waals surface area contributed by atoms with Gasteiger partial charge in [-0.25, -0.2) is 9.97 Å². The lowest BCUT2D eigenvalue weighted by Gasteiger charge is -2.26. The normalized spacial score (nSPS) is 16.9. The third-order valence-electron chi connectivity index (χ3n) is 7.35. The number of rotatable bonds is 8. The van der Waals surface area contributed by atoms with Gasteiger partial charge in [-0.1, -0.05) is 19.3 Å². The van der Waals surface area contributed by atoms with Gasteiger partial charge in [-0.3, -0.25) is 19.1 Å². The Labute approximate surface area is 210 Å². The Balaban J connectivity index is 1.35. The van der Waals surface area contributed by atoms with Crippen LogP contribution < -0.4 is 15.6 Å². The van der Waals surface area contributed by atoms with Gasteiger partial charge in [0.05, 0.1) is 11.8 Å². The number of hydrogen-bond donors (Lipinski definition) is 1. The van der Waals surface area contributed by atoms with Gasteiger partial charge in [0.15, 0.2) is 5.78 Å². The van der Waals surface area contributed by atoms with E-state index in [1.54, 1.807) is 23.9 Å². The fourth-order valence-corrected chi connectivity index (χ4v) is 5.44. The number of carbonyl (C=O) groups excluding carboxylic acids is 1. The number of piperidine rings is 1. The molecule has 4 heterocycles. The lowest BCUT2D eigenvalue weighted by molar-refractivity contribution is 0.101. The molecule has 9 nitrogen and oxygen atoms in total. The molecule has 1 N–H and O–H groups in total. The highest BCUT2D eigenvalue weighted by molar-refractivity contribution is 5.99. The summed E-state index contributed by atoms with van der Waals surface area (Å²) in [6.07, 6.45) is 11.2. The Morgan fingerprint density at radius 1 is 1.08 bits per heavy atom. The number of anilines is 2. The topological polar surface area (TPSA) is 102 Å². The highest BCUT2D eigenvalue weighted by atomic mass is 16.5. The average molecular weight is 491 g/mol. The molecule has 5 rings (SSSR count). The zero-order valence-corrected chi connectivity index (χ0v) is 21.1. The molecule has 9 heteroatoms. The molecule has 2 aliphatic rings. The van der Waals surface area contributed by atoms with Gasteiger partial charge in [0.2, 0.25) is 5.95 Å². The quantitative estimate of drug-likeness (QED) is 0.463. The highest BCUT2D eigenvalue weighted by Crippen LogP contribution is 2.32. The Kier molecular flexibility index (Phi) is 7.27. The molecule has 0 amide bonds. The first-order valence-corrected chi connectivity index (χ1v) is 13.0. The number of hydrogen-bond acceptors (Lipinski definition) is 8. The molecule has 0 bridgehead atoms. The number of likely N-dealkylation sites (tertiary alicyclic amines) is 1. The zero-order chi connectivity index (χ0) is 25.1. The van der Waals surface area contributed by atoms with Gasteiger partial charge in [0.25, 0.3) is 5.56 Å². The lowest BCUT2D eigenvalue weighted by atomic mass is 10.0. The molecule has 3 aromatic heterocycles. The van der Waals surface area contributed by atoms with E-state index in [4.69, 9.17) is 9.72 Å². The Morgan fingerprint density at radius 3 is 2.56 bits per heavy atom. The molecular weight excluding hydrogens is 456 g/mol. The number of aromatic nitrogens is 4. The van der Waals surface area contributed by atoms with Crippen molar-refractivity contribution in [1.29, 1.82) is 0 Å². The monoisotopic (exact) mass is 490 g/mol. The lowest BCUT2D eigenvalue weighted by Crippen LogP contribution is -2.33. The van der Waals surface area contributed by atoms with Gasteiger partial charge in [0, 0.05) is 24.2 Å². The molecular formula is C27H34N6O3. The molecule has 3 aromatic rings. The van der Waals surface area contributed by atoms with E-state index >= 15 is 0 Å². The van der Waals surface area contributed by atoms with Crippen LogP contribution in [-0.4, -0.2) is 56.4 Å². The van der Waals surface area contributed by atoms with Crippen LogP contribution in [0.25, 0.3) is 11.0 Å². The van der Waals surface area contributed by atoms with Crippen molar-refractivity contribution < 1.29 is 9.53 Å². The number of pyridine rings is 2. The van der Waals surface area contributed by atoms with Crippen molar-refractivity contribution in [2.45, 2.75) is 64.8 Å². The van der Waals surface area contributed by atoms with E-state index in [2.05, 4.69) is 20.2 Å². The predicted octanol–water partition coefficient (Wildman–Crippen LogP) is 4.42. The number of ketones is 1. The molecule has 1 saturated carbocycles. The molecule has 190 valence electrons. The molecule has 1 aliphatic heterocycles. The van der Waals surface area contributed by atoms with E-state index < -0.39 is 0 Å².